The fraction of sp³-hybridized carbons (Fsp3) is 0.600. The van der Waals surface area contributed by atoms with E-state index in [0.717, 1.165) is 29.8 Å². The normalized spacial score (nSPS) is 19.6. The van der Waals surface area contributed by atoms with Gasteiger partial charge < -0.3 is 10.1 Å². The Morgan fingerprint density at radius 3 is 2.53 bits per heavy atom. The minimum Gasteiger partial charge on any atom is -0.377 e. The van der Waals surface area contributed by atoms with Crippen molar-refractivity contribution in [3.8, 4) is 0 Å². The zero-order valence-electron chi connectivity index (χ0n) is 11.5. The first-order valence-corrected chi connectivity index (χ1v) is 7.53. The van der Waals surface area contributed by atoms with Crippen LogP contribution < -0.4 is 5.32 Å². The van der Waals surface area contributed by atoms with Gasteiger partial charge in [0.25, 0.3) is 0 Å². The number of ether oxygens (including phenoxy) is 1. The highest BCUT2D eigenvalue weighted by Crippen LogP contribution is 2.37. The number of benzene rings is 1. The molecule has 1 aliphatic carbocycles. The number of likely N-dealkylation sites (N-methyl/N-ethyl adjacent to an activating group) is 1. The predicted octanol–water partition coefficient (Wildman–Crippen LogP) is 4.08. The van der Waals surface area contributed by atoms with Gasteiger partial charge in [-0.15, -0.1) is 0 Å². The lowest BCUT2D eigenvalue weighted by Crippen LogP contribution is -2.50. The molecule has 106 valence electrons. The minimum absolute atomic E-state index is 0.0578. The van der Waals surface area contributed by atoms with E-state index in [1.165, 1.54) is 12.8 Å². The Morgan fingerprint density at radius 1 is 1.32 bits per heavy atom. The van der Waals surface area contributed by atoms with Crippen LogP contribution in [0.25, 0.3) is 0 Å². The predicted molar refractivity (Wildman–Crippen MR) is 81.2 cm³/mol. The average Bonchev–Trinajstić information content (AvgIpc) is 2.88. The van der Waals surface area contributed by atoms with Gasteiger partial charge in [-0.3, -0.25) is 0 Å². The lowest BCUT2D eigenvalue weighted by molar-refractivity contribution is -0.0336. The molecule has 0 amide bonds. The summed E-state index contributed by atoms with van der Waals surface area (Å²) in [7, 11) is 3.81. The molecular weight excluding hydrogens is 281 g/mol. The highest BCUT2D eigenvalue weighted by atomic mass is 35.5. The van der Waals surface area contributed by atoms with Gasteiger partial charge in [-0.2, -0.15) is 0 Å². The standard InChI is InChI=1S/C15H21Cl2NO/c1-18-14(15(19-2)7-3-4-8-15)9-11-5-6-12(16)10-13(11)17/h5-6,10,14,18H,3-4,7-9H2,1-2H3. The van der Waals surface area contributed by atoms with Crippen molar-refractivity contribution in [1.29, 1.82) is 0 Å². The van der Waals surface area contributed by atoms with Crippen LogP contribution in [0, 0.1) is 0 Å². The molecule has 0 bridgehead atoms. The van der Waals surface area contributed by atoms with Crippen LogP contribution in [0.2, 0.25) is 10.0 Å². The summed E-state index contributed by atoms with van der Waals surface area (Å²) in [5.41, 5.74) is 1.06. The summed E-state index contributed by atoms with van der Waals surface area (Å²) in [5, 5.41) is 4.82. The Kier molecular flexibility index (Phi) is 5.13. The van der Waals surface area contributed by atoms with E-state index in [9.17, 15) is 0 Å². The highest BCUT2D eigenvalue weighted by Gasteiger charge is 2.40. The maximum Gasteiger partial charge on any atom is 0.0834 e. The van der Waals surface area contributed by atoms with Gasteiger partial charge >= 0.3 is 0 Å². The third-order valence-corrected chi connectivity index (χ3v) is 4.87. The first-order valence-electron chi connectivity index (χ1n) is 6.77. The SMILES string of the molecule is CNC(Cc1ccc(Cl)cc1Cl)C1(OC)CCCC1. The van der Waals surface area contributed by atoms with Gasteiger partial charge in [-0.25, -0.2) is 0 Å². The van der Waals surface area contributed by atoms with E-state index in [1.54, 1.807) is 6.07 Å². The Morgan fingerprint density at radius 2 is 2.00 bits per heavy atom. The molecule has 1 atom stereocenters. The Bertz CT molecular complexity index is 430. The molecule has 0 spiro atoms. The van der Waals surface area contributed by atoms with E-state index in [4.69, 9.17) is 27.9 Å². The van der Waals surface area contributed by atoms with Crippen molar-refractivity contribution < 1.29 is 4.74 Å². The van der Waals surface area contributed by atoms with Crippen molar-refractivity contribution >= 4 is 23.2 Å². The van der Waals surface area contributed by atoms with Crippen molar-refractivity contribution in [3.63, 3.8) is 0 Å². The number of halogens is 2. The molecule has 19 heavy (non-hydrogen) atoms. The summed E-state index contributed by atoms with van der Waals surface area (Å²) in [4.78, 5) is 0. The first kappa shape index (κ1) is 15.1. The number of hydrogen-bond acceptors (Lipinski definition) is 2. The van der Waals surface area contributed by atoms with E-state index in [0.29, 0.717) is 5.02 Å². The molecule has 1 aliphatic rings. The van der Waals surface area contributed by atoms with Gasteiger partial charge in [-0.1, -0.05) is 42.1 Å². The molecule has 0 aliphatic heterocycles. The third kappa shape index (κ3) is 3.25. The van der Waals surface area contributed by atoms with Gasteiger partial charge in [0.2, 0.25) is 0 Å². The van der Waals surface area contributed by atoms with Gasteiger partial charge in [0, 0.05) is 23.2 Å². The zero-order chi connectivity index (χ0) is 13.9. The zero-order valence-corrected chi connectivity index (χ0v) is 13.0. The summed E-state index contributed by atoms with van der Waals surface area (Å²) < 4.78 is 5.86. The van der Waals surface area contributed by atoms with Crippen molar-refractivity contribution in [2.45, 2.75) is 43.7 Å². The molecule has 0 radical (unpaired) electrons. The maximum absolute atomic E-state index is 6.27. The maximum atomic E-state index is 6.27. The molecule has 1 aromatic carbocycles. The van der Waals surface area contributed by atoms with Crippen LogP contribution in [0.5, 0.6) is 0 Å². The van der Waals surface area contributed by atoms with Crippen LogP contribution >= 0.6 is 23.2 Å². The molecule has 0 heterocycles. The topological polar surface area (TPSA) is 21.3 Å². The van der Waals surface area contributed by atoms with Crippen molar-refractivity contribution in [3.05, 3.63) is 33.8 Å². The molecule has 4 heteroatoms. The molecule has 1 aromatic rings. The van der Waals surface area contributed by atoms with E-state index in [-0.39, 0.29) is 11.6 Å². The molecule has 1 saturated carbocycles. The number of nitrogens with one attached hydrogen (secondary N) is 1. The van der Waals surface area contributed by atoms with E-state index >= 15 is 0 Å². The minimum atomic E-state index is -0.0578. The third-order valence-electron chi connectivity index (χ3n) is 4.28. The second kappa shape index (κ2) is 6.45. The molecule has 1 N–H and O–H groups in total. The summed E-state index contributed by atoms with van der Waals surface area (Å²) in [6.45, 7) is 0. The summed E-state index contributed by atoms with van der Waals surface area (Å²) in [5.74, 6) is 0. The number of hydrogen-bond donors (Lipinski definition) is 1. The molecule has 2 nitrogen and oxygen atoms in total. The van der Waals surface area contributed by atoms with Crippen LogP contribution in [0.15, 0.2) is 18.2 Å². The summed E-state index contributed by atoms with van der Waals surface area (Å²) >= 11 is 12.2. The van der Waals surface area contributed by atoms with Crippen LogP contribution in [0.1, 0.15) is 31.2 Å². The van der Waals surface area contributed by atoms with Gasteiger partial charge in [0.15, 0.2) is 0 Å². The molecule has 1 fully saturated rings. The molecular formula is C15H21Cl2NO. The molecule has 0 aromatic heterocycles. The highest BCUT2D eigenvalue weighted by molar-refractivity contribution is 6.35. The quantitative estimate of drug-likeness (QED) is 0.885. The second-order valence-electron chi connectivity index (χ2n) is 5.26. The van der Waals surface area contributed by atoms with Crippen molar-refractivity contribution in [1.82, 2.24) is 5.32 Å². The fourth-order valence-corrected chi connectivity index (χ4v) is 3.61. The molecule has 1 unspecified atom stereocenters. The summed E-state index contributed by atoms with van der Waals surface area (Å²) in [6, 6.07) is 5.98. The molecule has 0 saturated heterocycles. The van der Waals surface area contributed by atoms with Gasteiger partial charge in [0.05, 0.1) is 5.60 Å². The number of rotatable bonds is 5. The smallest absolute Gasteiger partial charge is 0.0834 e. The Balaban J connectivity index is 2.18. The lowest BCUT2D eigenvalue weighted by Gasteiger charge is -2.36. The average molecular weight is 302 g/mol. The van der Waals surface area contributed by atoms with Crippen molar-refractivity contribution in [2.24, 2.45) is 0 Å². The second-order valence-corrected chi connectivity index (χ2v) is 6.10. The monoisotopic (exact) mass is 301 g/mol. The summed E-state index contributed by atoms with van der Waals surface area (Å²) in [6.07, 6.45) is 5.56. The molecule has 2 rings (SSSR count). The van der Waals surface area contributed by atoms with Crippen LogP contribution in [0.3, 0.4) is 0 Å². The Labute approximate surface area is 125 Å². The first-order chi connectivity index (χ1) is 9.11. The van der Waals surface area contributed by atoms with Gasteiger partial charge in [0.1, 0.15) is 0 Å². The van der Waals surface area contributed by atoms with Crippen LogP contribution in [-0.4, -0.2) is 25.8 Å². The van der Waals surface area contributed by atoms with Crippen LogP contribution in [-0.2, 0) is 11.2 Å². The van der Waals surface area contributed by atoms with E-state index in [1.807, 2.05) is 26.3 Å². The lowest BCUT2D eigenvalue weighted by atomic mass is 9.87. The Hall–Kier alpha value is -0.280. The number of methoxy groups -OCH3 is 1. The van der Waals surface area contributed by atoms with Crippen LogP contribution in [0.4, 0.5) is 0 Å². The fourth-order valence-electron chi connectivity index (χ4n) is 3.13. The van der Waals surface area contributed by atoms with Crippen molar-refractivity contribution in [2.75, 3.05) is 14.2 Å². The van der Waals surface area contributed by atoms with E-state index in [2.05, 4.69) is 5.32 Å². The van der Waals surface area contributed by atoms with E-state index < -0.39 is 0 Å². The van der Waals surface area contributed by atoms with Gasteiger partial charge in [-0.05, 0) is 44.0 Å². The largest absolute Gasteiger partial charge is 0.377 e.